The third kappa shape index (κ3) is 5.36. The summed E-state index contributed by atoms with van der Waals surface area (Å²) in [5.41, 5.74) is 0. The highest BCUT2D eigenvalue weighted by Gasteiger charge is 2.20. The minimum atomic E-state index is -4.62. The number of aliphatic hydroxyl groups is 2. The summed E-state index contributed by atoms with van der Waals surface area (Å²) in [4.78, 5) is 16.3. The molecular formula is C4H10NO6P. The number of rotatable bonds is 5. The highest BCUT2D eigenvalue weighted by molar-refractivity contribution is 7.46. The number of nitrogens with one attached hydrogen (secondary N) is 1. The van der Waals surface area contributed by atoms with E-state index in [4.69, 9.17) is 25.4 Å². The summed E-state index contributed by atoms with van der Waals surface area (Å²) in [6.07, 6.45) is -2.44. The van der Waals surface area contributed by atoms with Crippen molar-refractivity contribution in [1.82, 2.24) is 0 Å². The fraction of sp³-hybridized carbons (Fsp3) is 0.750. The molecular weight excluding hydrogens is 189 g/mol. The van der Waals surface area contributed by atoms with Gasteiger partial charge in [0.2, 0.25) is 0 Å². The largest absolute Gasteiger partial charge is 0.469 e. The summed E-state index contributed by atoms with van der Waals surface area (Å²) < 4.78 is 13.9. The van der Waals surface area contributed by atoms with Crippen LogP contribution in [0.4, 0.5) is 0 Å². The van der Waals surface area contributed by atoms with Gasteiger partial charge in [0.1, 0.15) is 12.2 Å². The Morgan fingerprint density at radius 3 is 2.33 bits per heavy atom. The van der Waals surface area contributed by atoms with Gasteiger partial charge in [-0.05, 0) is 0 Å². The molecule has 0 saturated carbocycles. The predicted molar refractivity (Wildman–Crippen MR) is 38.8 cm³/mol. The van der Waals surface area contributed by atoms with Gasteiger partial charge in [-0.2, -0.15) is 0 Å². The zero-order valence-corrected chi connectivity index (χ0v) is 6.89. The molecule has 0 spiro atoms. The summed E-state index contributed by atoms with van der Waals surface area (Å²) >= 11 is 0. The molecule has 0 aromatic carbocycles. The van der Waals surface area contributed by atoms with Crippen molar-refractivity contribution >= 4 is 14.0 Å². The van der Waals surface area contributed by atoms with E-state index in [0.29, 0.717) is 6.21 Å². The van der Waals surface area contributed by atoms with Crippen LogP contribution in [0, 0.1) is 5.41 Å². The molecule has 0 aliphatic rings. The van der Waals surface area contributed by atoms with Crippen molar-refractivity contribution in [3.63, 3.8) is 0 Å². The third-order valence-electron chi connectivity index (χ3n) is 0.978. The van der Waals surface area contributed by atoms with Crippen LogP contribution in [-0.4, -0.2) is 45.0 Å². The number of hydrogen-bond acceptors (Lipinski definition) is 5. The first kappa shape index (κ1) is 11.7. The van der Waals surface area contributed by atoms with Gasteiger partial charge in [0, 0.05) is 6.21 Å². The third-order valence-corrected chi connectivity index (χ3v) is 1.46. The number of hydrogen-bond donors (Lipinski definition) is 5. The van der Waals surface area contributed by atoms with Crippen LogP contribution in [0.5, 0.6) is 0 Å². The molecule has 72 valence electrons. The average molecular weight is 199 g/mol. The van der Waals surface area contributed by atoms with Crippen LogP contribution in [-0.2, 0) is 9.09 Å². The summed E-state index contributed by atoms with van der Waals surface area (Å²) in [7, 11) is -4.62. The maximum Gasteiger partial charge on any atom is 0.469 e. The van der Waals surface area contributed by atoms with Crippen molar-refractivity contribution in [3.8, 4) is 0 Å². The molecule has 0 aliphatic heterocycles. The monoisotopic (exact) mass is 199 g/mol. The van der Waals surface area contributed by atoms with E-state index in [1.54, 1.807) is 0 Å². The van der Waals surface area contributed by atoms with Gasteiger partial charge in [0.05, 0.1) is 6.61 Å². The normalized spacial score (nSPS) is 17.0. The minimum absolute atomic E-state index is 0.535. The van der Waals surface area contributed by atoms with Crippen molar-refractivity contribution in [3.05, 3.63) is 0 Å². The molecule has 0 aromatic heterocycles. The van der Waals surface area contributed by atoms with Gasteiger partial charge in [-0.3, -0.25) is 4.52 Å². The Morgan fingerprint density at radius 1 is 1.50 bits per heavy atom. The standard InChI is InChI=1S/C4H10NO6P/c5-1-3(6)4(7)2-11-12(8,9)10/h1,3-7H,2H2,(H2,8,9,10)/t3-,4+/m0/s1. The number of phosphoric acid groups is 1. The van der Waals surface area contributed by atoms with Gasteiger partial charge < -0.3 is 25.4 Å². The molecule has 7 nitrogen and oxygen atoms in total. The number of aliphatic hydroxyl groups excluding tert-OH is 2. The summed E-state index contributed by atoms with van der Waals surface area (Å²) in [6, 6.07) is 0. The van der Waals surface area contributed by atoms with Gasteiger partial charge >= 0.3 is 7.82 Å². The minimum Gasteiger partial charge on any atom is -0.388 e. The first-order chi connectivity index (χ1) is 5.37. The van der Waals surface area contributed by atoms with E-state index in [2.05, 4.69) is 4.52 Å². The Morgan fingerprint density at radius 2 is 2.00 bits per heavy atom. The van der Waals surface area contributed by atoms with Crippen molar-refractivity contribution < 1.29 is 29.1 Å². The Kier molecular flexibility index (Phi) is 4.54. The van der Waals surface area contributed by atoms with E-state index in [9.17, 15) is 4.57 Å². The van der Waals surface area contributed by atoms with Crippen molar-refractivity contribution in [2.24, 2.45) is 0 Å². The molecule has 12 heavy (non-hydrogen) atoms. The molecule has 5 N–H and O–H groups in total. The fourth-order valence-corrected chi connectivity index (χ4v) is 0.730. The summed E-state index contributed by atoms with van der Waals surface area (Å²) in [5, 5.41) is 24.0. The van der Waals surface area contributed by atoms with Crippen molar-refractivity contribution in [2.75, 3.05) is 6.61 Å². The Labute approximate surface area is 68.4 Å². The highest BCUT2D eigenvalue weighted by Crippen LogP contribution is 2.35. The molecule has 0 heterocycles. The summed E-state index contributed by atoms with van der Waals surface area (Å²) in [6.45, 7) is -0.721. The predicted octanol–water partition coefficient (Wildman–Crippen LogP) is -1.53. The zero-order chi connectivity index (χ0) is 9.78. The number of phosphoric ester groups is 1. The van der Waals surface area contributed by atoms with E-state index in [1.807, 2.05) is 0 Å². The van der Waals surface area contributed by atoms with E-state index < -0.39 is 26.6 Å². The van der Waals surface area contributed by atoms with Crippen molar-refractivity contribution in [2.45, 2.75) is 12.2 Å². The quantitative estimate of drug-likeness (QED) is 0.269. The molecule has 0 rings (SSSR count). The first-order valence-electron chi connectivity index (χ1n) is 2.93. The highest BCUT2D eigenvalue weighted by atomic mass is 31.2. The van der Waals surface area contributed by atoms with E-state index >= 15 is 0 Å². The van der Waals surface area contributed by atoms with Crippen LogP contribution in [0.25, 0.3) is 0 Å². The van der Waals surface area contributed by atoms with Crippen LogP contribution < -0.4 is 0 Å². The van der Waals surface area contributed by atoms with E-state index in [1.165, 1.54) is 0 Å². The zero-order valence-electron chi connectivity index (χ0n) is 5.99. The SMILES string of the molecule is N=C[C@H](O)[C@H](O)COP(=O)(O)O. The Hall–Kier alpha value is -0.300. The second-order valence-electron chi connectivity index (χ2n) is 2.01. The maximum atomic E-state index is 10.1. The van der Waals surface area contributed by atoms with Crippen LogP contribution in [0.3, 0.4) is 0 Å². The molecule has 0 unspecified atom stereocenters. The lowest BCUT2D eigenvalue weighted by Gasteiger charge is -2.13. The molecule has 0 aromatic rings. The lowest BCUT2D eigenvalue weighted by Crippen LogP contribution is -2.30. The molecule has 0 radical (unpaired) electrons. The second kappa shape index (κ2) is 4.66. The Balaban J connectivity index is 3.79. The molecule has 0 saturated heterocycles. The summed E-state index contributed by atoms with van der Waals surface area (Å²) in [5.74, 6) is 0. The van der Waals surface area contributed by atoms with Gasteiger partial charge in [-0.15, -0.1) is 0 Å². The van der Waals surface area contributed by atoms with Crippen molar-refractivity contribution in [1.29, 1.82) is 5.41 Å². The van der Waals surface area contributed by atoms with E-state index in [0.717, 1.165) is 0 Å². The molecule has 0 aliphatic carbocycles. The fourth-order valence-electron chi connectivity index (χ4n) is 0.383. The van der Waals surface area contributed by atoms with Crippen LogP contribution in [0.15, 0.2) is 0 Å². The average Bonchev–Trinajstić information content (AvgIpc) is 1.97. The second-order valence-corrected chi connectivity index (χ2v) is 3.25. The van der Waals surface area contributed by atoms with Gasteiger partial charge in [0.25, 0.3) is 0 Å². The van der Waals surface area contributed by atoms with Crippen LogP contribution in [0.1, 0.15) is 0 Å². The topological polar surface area (TPSA) is 131 Å². The molecule has 0 bridgehead atoms. The maximum absolute atomic E-state index is 10.1. The van der Waals surface area contributed by atoms with Gasteiger partial charge in [-0.1, -0.05) is 0 Å². The molecule has 2 atom stereocenters. The first-order valence-corrected chi connectivity index (χ1v) is 4.46. The molecule has 8 heteroatoms. The van der Waals surface area contributed by atoms with Gasteiger partial charge in [0.15, 0.2) is 0 Å². The molecule has 0 fully saturated rings. The molecule has 0 amide bonds. The van der Waals surface area contributed by atoms with E-state index in [-0.39, 0.29) is 0 Å². The van der Waals surface area contributed by atoms with Crippen LogP contribution >= 0.6 is 7.82 Å². The Bertz CT molecular complexity index is 190. The smallest absolute Gasteiger partial charge is 0.388 e. The van der Waals surface area contributed by atoms with Crippen LogP contribution in [0.2, 0.25) is 0 Å². The van der Waals surface area contributed by atoms with Gasteiger partial charge in [-0.25, -0.2) is 4.57 Å². The lowest BCUT2D eigenvalue weighted by atomic mass is 10.2. The lowest BCUT2D eigenvalue weighted by molar-refractivity contribution is 0.0189.